The Bertz CT molecular complexity index is 530. The van der Waals surface area contributed by atoms with Crippen LogP contribution in [0.5, 0.6) is 0 Å². The third-order valence-electron chi connectivity index (χ3n) is 3.60. The number of aromatic nitrogens is 1. The fraction of sp³-hybridized carbons (Fsp3) is 0.571. The number of likely N-dealkylation sites (N-methyl/N-ethyl adjacent to an activating group) is 1. The van der Waals surface area contributed by atoms with Gasteiger partial charge < -0.3 is 9.80 Å². The molecule has 0 radical (unpaired) electrons. The molecule has 0 aromatic carbocycles. The van der Waals surface area contributed by atoms with Gasteiger partial charge in [0.1, 0.15) is 17.6 Å². The van der Waals surface area contributed by atoms with Crippen LogP contribution in [0.15, 0.2) is 12.1 Å². The first-order valence-electron chi connectivity index (χ1n) is 6.83. The van der Waals surface area contributed by atoms with Crippen LogP contribution >= 0.6 is 0 Å². The van der Waals surface area contributed by atoms with E-state index in [1.807, 2.05) is 6.07 Å². The van der Waals surface area contributed by atoms with Crippen molar-refractivity contribution in [1.29, 1.82) is 5.26 Å². The third-order valence-corrected chi connectivity index (χ3v) is 3.60. The lowest BCUT2D eigenvalue weighted by Crippen LogP contribution is -2.32. The summed E-state index contributed by atoms with van der Waals surface area (Å²) in [5.41, 5.74) is -0.809. The number of hydrogen-bond donors (Lipinski definition) is 0. The molecule has 7 heteroatoms. The second-order valence-corrected chi connectivity index (χ2v) is 5.15. The van der Waals surface area contributed by atoms with E-state index in [-0.39, 0.29) is 11.4 Å². The van der Waals surface area contributed by atoms with Gasteiger partial charge in [-0.2, -0.15) is 18.4 Å². The number of pyridine rings is 1. The highest BCUT2D eigenvalue weighted by atomic mass is 19.4. The van der Waals surface area contributed by atoms with Crippen LogP contribution < -0.4 is 4.90 Å². The van der Waals surface area contributed by atoms with Crippen molar-refractivity contribution in [2.45, 2.75) is 19.0 Å². The van der Waals surface area contributed by atoms with Crippen LogP contribution in [0.4, 0.5) is 19.0 Å². The Morgan fingerprint density at radius 1 is 1.33 bits per heavy atom. The molecule has 0 bridgehead atoms. The molecular formula is C14H17F3N4. The summed E-state index contributed by atoms with van der Waals surface area (Å²) in [6.45, 7) is 3.35. The zero-order valence-corrected chi connectivity index (χ0v) is 11.8. The van der Waals surface area contributed by atoms with Gasteiger partial charge in [0.15, 0.2) is 0 Å². The lowest BCUT2D eigenvalue weighted by atomic mass is 10.2. The molecule has 0 aliphatic carbocycles. The predicted molar refractivity (Wildman–Crippen MR) is 72.9 cm³/mol. The molecule has 2 heterocycles. The van der Waals surface area contributed by atoms with Crippen molar-refractivity contribution < 1.29 is 13.2 Å². The molecular weight excluding hydrogens is 281 g/mol. The van der Waals surface area contributed by atoms with E-state index < -0.39 is 11.9 Å². The van der Waals surface area contributed by atoms with Gasteiger partial charge in [-0.15, -0.1) is 0 Å². The Balaban J connectivity index is 2.13. The fourth-order valence-electron chi connectivity index (χ4n) is 2.39. The molecule has 21 heavy (non-hydrogen) atoms. The van der Waals surface area contributed by atoms with Crippen LogP contribution in [-0.2, 0) is 6.18 Å². The maximum Gasteiger partial charge on any atom is 0.433 e. The van der Waals surface area contributed by atoms with Gasteiger partial charge in [0.05, 0.1) is 5.56 Å². The van der Waals surface area contributed by atoms with Crippen LogP contribution in [0, 0.1) is 11.3 Å². The summed E-state index contributed by atoms with van der Waals surface area (Å²) >= 11 is 0. The first kappa shape index (κ1) is 15.6. The van der Waals surface area contributed by atoms with Crippen LogP contribution in [0.2, 0.25) is 0 Å². The van der Waals surface area contributed by atoms with Crippen molar-refractivity contribution in [3.05, 3.63) is 23.4 Å². The number of nitrogens with zero attached hydrogens (tertiary/aromatic N) is 4. The number of rotatable bonds is 4. The second kappa shape index (κ2) is 6.31. The molecule has 0 unspecified atom stereocenters. The molecule has 1 aromatic heterocycles. The van der Waals surface area contributed by atoms with E-state index in [1.54, 1.807) is 11.9 Å². The van der Waals surface area contributed by atoms with Gasteiger partial charge >= 0.3 is 6.18 Å². The van der Waals surface area contributed by atoms with Crippen molar-refractivity contribution in [1.82, 2.24) is 9.88 Å². The van der Waals surface area contributed by atoms with Crippen molar-refractivity contribution >= 4 is 5.82 Å². The number of alkyl halides is 3. The van der Waals surface area contributed by atoms with E-state index >= 15 is 0 Å². The van der Waals surface area contributed by atoms with Gasteiger partial charge in [0.25, 0.3) is 0 Å². The Hall–Kier alpha value is -1.81. The number of nitriles is 1. The largest absolute Gasteiger partial charge is 0.433 e. The van der Waals surface area contributed by atoms with Gasteiger partial charge in [-0.05, 0) is 38.1 Å². The first-order valence-corrected chi connectivity index (χ1v) is 6.83. The van der Waals surface area contributed by atoms with E-state index in [4.69, 9.17) is 5.26 Å². The summed E-state index contributed by atoms with van der Waals surface area (Å²) in [5, 5.41) is 9.03. The molecule has 1 saturated heterocycles. The fourth-order valence-corrected chi connectivity index (χ4v) is 2.39. The number of anilines is 1. The maximum absolute atomic E-state index is 12.7. The van der Waals surface area contributed by atoms with Crippen LogP contribution in [0.3, 0.4) is 0 Å². The summed E-state index contributed by atoms with van der Waals surface area (Å²) < 4.78 is 38.2. The van der Waals surface area contributed by atoms with E-state index in [0.717, 1.165) is 38.5 Å². The standard InChI is InChI=1S/C14H17F3N4/c1-20(8-9-21-6-2-3-7-21)13-11(10-18)4-5-12(19-13)14(15,16)17/h4-5H,2-3,6-9H2,1H3. The smallest absolute Gasteiger partial charge is 0.357 e. The molecule has 0 atom stereocenters. The van der Waals surface area contributed by atoms with E-state index in [0.29, 0.717) is 6.54 Å². The normalized spacial score (nSPS) is 16.0. The van der Waals surface area contributed by atoms with E-state index in [9.17, 15) is 13.2 Å². The zero-order chi connectivity index (χ0) is 15.5. The Morgan fingerprint density at radius 3 is 2.57 bits per heavy atom. The summed E-state index contributed by atoms with van der Waals surface area (Å²) in [4.78, 5) is 7.50. The molecule has 0 amide bonds. The van der Waals surface area contributed by atoms with Crippen LogP contribution in [0.25, 0.3) is 0 Å². The molecule has 1 fully saturated rings. The van der Waals surface area contributed by atoms with Gasteiger partial charge in [0.2, 0.25) is 0 Å². The minimum Gasteiger partial charge on any atom is -0.357 e. The average molecular weight is 298 g/mol. The van der Waals surface area contributed by atoms with E-state index in [2.05, 4.69) is 9.88 Å². The van der Waals surface area contributed by atoms with Crippen molar-refractivity contribution in [2.24, 2.45) is 0 Å². The zero-order valence-electron chi connectivity index (χ0n) is 11.8. The van der Waals surface area contributed by atoms with Crippen LogP contribution in [-0.4, -0.2) is 43.1 Å². The molecule has 1 aliphatic heterocycles. The topological polar surface area (TPSA) is 43.2 Å². The SMILES string of the molecule is CN(CCN1CCCC1)c1nc(C(F)(F)F)ccc1C#N. The molecule has 114 valence electrons. The minimum atomic E-state index is -4.50. The summed E-state index contributed by atoms with van der Waals surface area (Å²) in [6.07, 6.45) is -2.18. The molecule has 0 saturated carbocycles. The number of halogens is 3. The number of hydrogen-bond acceptors (Lipinski definition) is 4. The number of likely N-dealkylation sites (tertiary alicyclic amines) is 1. The molecule has 1 aliphatic rings. The van der Waals surface area contributed by atoms with Crippen LogP contribution in [0.1, 0.15) is 24.1 Å². The first-order chi connectivity index (χ1) is 9.91. The van der Waals surface area contributed by atoms with E-state index in [1.165, 1.54) is 6.07 Å². The van der Waals surface area contributed by atoms with Gasteiger partial charge in [-0.25, -0.2) is 4.98 Å². The monoisotopic (exact) mass is 298 g/mol. The average Bonchev–Trinajstić information content (AvgIpc) is 2.96. The predicted octanol–water partition coefficient (Wildman–Crippen LogP) is 2.50. The summed E-state index contributed by atoms with van der Waals surface area (Å²) in [5.74, 6) is 0.0894. The van der Waals surface area contributed by atoms with Crippen molar-refractivity contribution in [2.75, 3.05) is 38.1 Å². The lowest BCUT2D eigenvalue weighted by Gasteiger charge is -2.23. The summed E-state index contributed by atoms with van der Waals surface area (Å²) in [7, 11) is 1.67. The third kappa shape index (κ3) is 3.85. The highest BCUT2D eigenvalue weighted by Crippen LogP contribution is 2.30. The molecule has 2 rings (SSSR count). The van der Waals surface area contributed by atoms with Gasteiger partial charge in [-0.3, -0.25) is 0 Å². The van der Waals surface area contributed by atoms with Crippen molar-refractivity contribution in [3.8, 4) is 6.07 Å². The van der Waals surface area contributed by atoms with Gasteiger partial charge in [-0.1, -0.05) is 0 Å². The molecule has 0 N–H and O–H groups in total. The Morgan fingerprint density at radius 2 is 2.00 bits per heavy atom. The van der Waals surface area contributed by atoms with Crippen molar-refractivity contribution in [3.63, 3.8) is 0 Å². The molecule has 1 aromatic rings. The highest BCUT2D eigenvalue weighted by molar-refractivity contribution is 5.54. The highest BCUT2D eigenvalue weighted by Gasteiger charge is 2.33. The van der Waals surface area contributed by atoms with Gasteiger partial charge in [0, 0.05) is 20.1 Å². The molecule has 4 nitrogen and oxygen atoms in total. The Labute approximate surface area is 121 Å². The second-order valence-electron chi connectivity index (χ2n) is 5.15. The summed E-state index contributed by atoms with van der Waals surface area (Å²) in [6, 6.07) is 3.92. The molecule has 0 spiro atoms. The Kier molecular flexibility index (Phi) is 4.68. The minimum absolute atomic E-state index is 0.0894. The lowest BCUT2D eigenvalue weighted by molar-refractivity contribution is -0.141. The maximum atomic E-state index is 12.7. The quantitative estimate of drug-likeness (QED) is 0.856.